The van der Waals surface area contributed by atoms with Crippen molar-refractivity contribution in [2.45, 2.75) is 6.61 Å². The fourth-order valence-electron chi connectivity index (χ4n) is 2.01. The van der Waals surface area contributed by atoms with Gasteiger partial charge in [-0.05, 0) is 6.07 Å². The molecule has 0 saturated carbocycles. The van der Waals surface area contributed by atoms with Crippen LogP contribution >= 0.6 is 0 Å². The molecule has 0 bridgehead atoms. The number of nitrogens with two attached hydrogens (primary N) is 1. The third-order valence-corrected chi connectivity index (χ3v) is 2.87. The van der Waals surface area contributed by atoms with Gasteiger partial charge in [-0.2, -0.15) is 5.10 Å². The monoisotopic (exact) mass is 270 g/mol. The van der Waals surface area contributed by atoms with E-state index in [0.29, 0.717) is 24.1 Å². The zero-order valence-corrected chi connectivity index (χ0v) is 10.9. The lowest BCUT2D eigenvalue weighted by Gasteiger charge is -2.08. The van der Waals surface area contributed by atoms with E-state index in [0.717, 1.165) is 10.9 Å². The maximum absolute atomic E-state index is 5.44. The van der Waals surface area contributed by atoms with Crippen LogP contribution < -0.4 is 11.3 Å². The first-order valence-electron chi connectivity index (χ1n) is 6.08. The maximum atomic E-state index is 5.44. The minimum atomic E-state index is 0.307. The van der Waals surface area contributed by atoms with Gasteiger partial charge in [0, 0.05) is 18.6 Å². The fourth-order valence-corrected chi connectivity index (χ4v) is 2.01. The molecule has 0 saturated heterocycles. The molecular formula is C13H14N6O. The van der Waals surface area contributed by atoms with Gasteiger partial charge in [0.05, 0.1) is 11.7 Å². The first-order chi connectivity index (χ1) is 9.81. The summed E-state index contributed by atoms with van der Waals surface area (Å²) in [6.45, 7) is 0.307. The van der Waals surface area contributed by atoms with E-state index in [4.69, 9.17) is 10.6 Å². The number of nitrogen functional groups attached to an aromatic ring is 1. The van der Waals surface area contributed by atoms with Gasteiger partial charge in [-0.3, -0.25) is 0 Å². The van der Waals surface area contributed by atoms with Crippen LogP contribution in [0.5, 0.6) is 0 Å². The Hall–Kier alpha value is -2.51. The Bertz CT molecular complexity index is 739. The van der Waals surface area contributed by atoms with Crippen LogP contribution in [-0.4, -0.2) is 26.9 Å². The van der Waals surface area contributed by atoms with Crippen molar-refractivity contribution in [1.82, 2.24) is 19.7 Å². The molecule has 0 fully saturated rings. The van der Waals surface area contributed by atoms with Gasteiger partial charge in [-0.25, -0.2) is 20.5 Å². The number of rotatable bonds is 4. The summed E-state index contributed by atoms with van der Waals surface area (Å²) in [7, 11) is 1.59. The van der Waals surface area contributed by atoms with Crippen molar-refractivity contribution in [3.8, 4) is 5.82 Å². The van der Waals surface area contributed by atoms with Gasteiger partial charge >= 0.3 is 0 Å². The SMILES string of the molecule is COCc1nc(NN)cc(-n2ncc3ccccc32)n1. The highest BCUT2D eigenvalue weighted by Gasteiger charge is 2.09. The Balaban J connectivity index is 2.15. The predicted octanol–water partition coefficient (Wildman–Crippen LogP) is 1.25. The van der Waals surface area contributed by atoms with Crippen molar-refractivity contribution in [2.75, 3.05) is 12.5 Å². The molecule has 0 aliphatic carbocycles. The average molecular weight is 270 g/mol. The first-order valence-corrected chi connectivity index (χ1v) is 6.08. The molecule has 1 aromatic carbocycles. The molecule has 3 N–H and O–H groups in total. The van der Waals surface area contributed by atoms with Crippen molar-refractivity contribution in [2.24, 2.45) is 5.84 Å². The highest BCUT2D eigenvalue weighted by molar-refractivity contribution is 5.79. The molecule has 0 spiro atoms. The summed E-state index contributed by atoms with van der Waals surface area (Å²) in [5.41, 5.74) is 3.50. The van der Waals surface area contributed by atoms with E-state index in [1.54, 1.807) is 24.1 Å². The number of benzene rings is 1. The largest absolute Gasteiger partial charge is 0.377 e. The van der Waals surface area contributed by atoms with Crippen molar-refractivity contribution < 1.29 is 4.74 Å². The average Bonchev–Trinajstić information content (AvgIpc) is 2.91. The number of hydrogen-bond acceptors (Lipinski definition) is 6. The highest BCUT2D eigenvalue weighted by Crippen LogP contribution is 2.18. The van der Waals surface area contributed by atoms with Crippen LogP contribution in [0.4, 0.5) is 5.82 Å². The molecule has 0 unspecified atom stereocenters. The molecule has 0 aliphatic heterocycles. The molecule has 20 heavy (non-hydrogen) atoms. The molecule has 3 rings (SSSR count). The Kier molecular flexibility index (Phi) is 3.28. The highest BCUT2D eigenvalue weighted by atomic mass is 16.5. The topological polar surface area (TPSA) is 90.9 Å². The number of ether oxygens (including phenoxy) is 1. The van der Waals surface area contributed by atoms with E-state index in [2.05, 4.69) is 20.5 Å². The van der Waals surface area contributed by atoms with E-state index in [9.17, 15) is 0 Å². The third-order valence-electron chi connectivity index (χ3n) is 2.87. The van der Waals surface area contributed by atoms with Crippen molar-refractivity contribution in [3.63, 3.8) is 0 Å². The van der Waals surface area contributed by atoms with E-state index in [1.807, 2.05) is 24.3 Å². The van der Waals surface area contributed by atoms with Crippen molar-refractivity contribution >= 4 is 16.7 Å². The molecule has 7 heteroatoms. The predicted molar refractivity (Wildman–Crippen MR) is 75.2 cm³/mol. The molecule has 0 aliphatic rings. The molecule has 102 valence electrons. The molecule has 3 aromatic rings. The molecule has 7 nitrogen and oxygen atoms in total. The molecule has 2 aromatic heterocycles. The van der Waals surface area contributed by atoms with Gasteiger partial charge in [0.2, 0.25) is 0 Å². The van der Waals surface area contributed by atoms with Crippen LogP contribution in [0.15, 0.2) is 36.5 Å². The number of methoxy groups -OCH3 is 1. The second kappa shape index (κ2) is 5.24. The smallest absolute Gasteiger partial charge is 0.160 e. The lowest BCUT2D eigenvalue weighted by Crippen LogP contribution is -2.13. The number of nitrogens with one attached hydrogen (secondary N) is 1. The minimum absolute atomic E-state index is 0.307. The van der Waals surface area contributed by atoms with Crippen molar-refractivity contribution in [1.29, 1.82) is 0 Å². The number of anilines is 1. The first kappa shape index (κ1) is 12.5. The van der Waals surface area contributed by atoms with Crippen LogP contribution in [0.25, 0.3) is 16.7 Å². The van der Waals surface area contributed by atoms with Crippen LogP contribution in [0, 0.1) is 0 Å². The van der Waals surface area contributed by atoms with Gasteiger partial charge in [-0.1, -0.05) is 18.2 Å². The molecule has 0 atom stereocenters. The number of aromatic nitrogens is 4. The van der Waals surface area contributed by atoms with E-state index < -0.39 is 0 Å². The van der Waals surface area contributed by atoms with Crippen LogP contribution in [-0.2, 0) is 11.3 Å². The van der Waals surface area contributed by atoms with Crippen LogP contribution in [0.2, 0.25) is 0 Å². The van der Waals surface area contributed by atoms with Gasteiger partial charge in [0.15, 0.2) is 11.6 Å². The lowest BCUT2D eigenvalue weighted by molar-refractivity contribution is 0.178. The molecule has 0 radical (unpaired) electrons. The minimum Gasteiger partial charge on any atom is -0.377 e. The molecule has 2 heterocycles. The van der Waals surface area contributed by atoms with Gasteiger partial charge in [-0.15, -0.1) is 0 Å². The Morgan fingerprint density at radius 1 is 1.30 bits per heavy atom. The second-order valence-electron chi connectivity index (χ2n) is 4.22. The van der Waals surface area contributed by atoms with Gasteiger partial charge in [0.25, 0.3) is 0 Å². The summed E-state index contributed by atoms with van der Waals surface area (Å²) in [6.07, 6.45) is 1.79. The number of nitrogens with zero attached hydrogens (tertiary/aromatic N) is 4. The summed E-state index contributed by atoms with van der Waals surface area (Å²) >= 11 is 0. The zero-order chi connectivity index (χ0) is 13.9. The Labute approximate surface area is 115 Å². The summed E-state index contributed by atoms with van der Waals surface area (Å²) in [5, 5.41) is 5.40. The molecule has 0 amide bonds. The summed E-state index contributed by atoms with van der Waals surface area (Å²) in [4.78, 5) is 8.65. The number of fused-ring (bicyclic) bond motifs is 1. The molecular weight excluding hydrogens is 256 g/mol. The number of para-hydroxylation sites is 1. The zero-order valence-electron chi connectivity index (χ0n) is 10.9. The number of hydrogen-bond donors (Lipinski definition) is 2. The quantitative estimate of drug-likeness (QED) is 0.547. The summed E-state index contributed by atoms with van der Waals surface area (Å²) in [5.74, 6) is 7.13. The number of hydrazine groups is 1. The van der Waals surface area contributed by atoms with E-state index in [-0.39, 0.29) is 0 Å². The van der Waals surface area contributed by atoms with Crippen LogP contribution in [0.1, 0.15) is 5.82 Å². The maximum Gasteiger partial charge on any atom is 0.160 e. The van der Waals surface area contributed by atoms with Crippen molar-refractivity contribution in [3.05, 3.63) is 42.4 Å². The normalized spacial score (nSPS) is 10.9. The third kappa shape index (κ3) is 2.20. The Morgan fingerprint density at radius 3 is 2.95 bits per heavy atom. The lowest BCUT2D eigenvalue weighted by atomic mass is 10.2. The van der Waals surface area contributed by atoms with Gasteiger partial charge < -0.3 is 10.2 Å². The van der Waals surface area contributed by atoms with E-state index in [1.165, 1.54) is 0 Å². The van der Waals surface area contributed by atoms with Gasteiger partial charge in [0.1, 0.15) is 12.4 Å². The Morgan fingerprint density at radius 2 is 2.15 bits per heavy atom. The summed E-state index contributed by atoms with van der Waals surface area (Å²) in [6, 6.07) is 9.64. The van der Waals surface area contributed by atoms with E-state index >= 15 is 0 Å². The van der Waals surface area contributed by atoms with Crippen LogP contribution in [0.3, 0.4) is 0 Å². The fraction of sp³-hybridized carbons (Fsp3) is 0.154. The standard InChI is InChI=1S/C13H14N6O/c1-20-8-12-16-11(18-14)6-13(17-12)19-10-5-3-2-4-9(10)7-15-19/h2-7H,8,14H2,1H3,(H,16,17,18). The second-order valence-corrected chi connectivity index (χ2v) is 4.22. The summed E-state index contributed by atoms with van der Waals surface area (Å²) < 4.78 is 6.81.